The van der Waals surface area contributed by atoms with E-state index in [1.807, 2.05) is 13.8 Å². The lowest BCUT2D eigenvalue weighted by atomic mass is 9.98. The average Bonchev–Trinajstić information content (AvgIpc) is 2.66. The molecule has 1 heterocycles. The molecule has 1 aromatic heterocycles. The number of benzene rings is 2. The Morgan fingerprint density at radius 1 is 1.10 bits per heavy atom. The van der Waals surface area contributed by atoms with Crippen molar-refractivity contribution < 1.29 is 29.6 Å². The third-order valence-corrected chi connectivity index (χ3v) is 4.45. The predicted octanol–water partition coefficient (Wildman–Crippen LogP) is 3.54. The van der Waals surface area contributed by atoms with Crippen molar-refractivity contribution >= 4 is 11.0 Å². The van der Waals surface area contributed by atoms with Gasteiger partial charge in [-0.1, -0.05) is 13.8 Å². The van der Waals surface area contributed by atoms with Crippen LogP contribution in [0.3, 0.4) is 0 Å². The first kappa shape index (κ1) is 20.5. The Hall–Kier alpha value is -3.19. The minimum Gasteiger partial charge on any atom is -0.508 e. The lowest BCUT2D eigenvalue weighted by molar-refractivity contribution is 0.234. The molecule has 0 amide bonds. The maximum absolute atomic E-state index is 12.8. The summed E-state index contributed by atoms with van der Waals surface area (Å²) in [4.78, 5) is 12.8. The van der Waals surface area contributed by atoms with E-state index in [0.29, 0.717) is 29.9 Å². The molecule has 29 heavy (non-hydrogen) atoms. The highest BCUT2D eigenvalue weighted by Gasteiger charge is 2.20. The van der Waals surface area contributed by atoms with Crippen molar-refractivity contribution in [1.29, 1.82) is 0 Å². The molecule has 0 aliphatic heterocycles. The fourth-order valence-electron chi connectivity index (χ4n) is 3.15. The molecule has 0 unspecified atom stereocenters. The fourth-order valence-corrected chi connectivity index (χ4v) is 3.15. The van der Waals surface area contributed by atoms with Crippen molar-refractivity contribution in [3.05, 3.63) is 46.1 Å². The van der Waals surface area contributed by atoms with Crippen LogP contribution in [0.15, 0.2) is 39.5 Å². The molecule has 7 nitrogen and oxygen atoms in total. The van der Waals surface area contributed by atoms with Crippen LogP contribution in [0.4, 0.5) is 0 Å². The van der Waals surface area contributed by atoms with Gasteiger partial charge in [0.15, 0.2) is 5.76 Å². The van der Waals surface area contributed by atoms with Crippen LogP contribution >= 0.6 is 0 Å². The van der Waals surface area contributed by atoms with Gasteiger partial charge in [0.05, 0.1) is 6.61 Å². The molecule has 0 aliphatic carbocycles. The summed E-state index contributed by atoms with van der Waals surface area (Å²) < 4.78 is 11.2. The van der Waals surface area contributed by atoms with E-state index in [-0.39, 0.29) is 47.2 Å². The Morgan fingerprint density at radius 2 is 1.86 bits per heavy atom. The van der Waals surface area contributed by atoms with E-state index in [0.717, 1.165) is 0 Å². The molecular weight excluding hydrogens is 376 g/mol. The highest BCUT2D eigenvalue weighted by molar-refractivity contribution is 5.88. The number of fused-ring (bicyclic) bond motifs is 1. The van der Waals surface area contributed by atoms with Crippen molar-refractivity contribution in [2.24, 2.45) is 5.92 Å². The van der Waals surface area contributed by atoms with Gasteiger partial charge in [0.25, 0.3) is 0 Å². The number of hydrogen-bond donors (Lipinski definition) is 4. The molecule has 0 bridgehead atoms. The summed E-state index contributed by atoms with van der Waals surface area (Å²) in [5.41, 5.74) is 0.462. The smallest absolute Gasteiger partial charge is 0.238 e. The van der Waals surface area contributed by atoms with E-state index in [2.05, 4.69) is 0 Å². The summed E-state index contributed by atoms with van der Waals surface area (Å²) in [5, 5.41) is 39.5. The van der Waals surface area contributed by atoms with Crippen molar-refractivity contribution in [2.75, 3.05) is 13.2 Å². The average molecular weight is 400 g/mol. The van der Waals surface area contributed by atoms with Gasteiger partial charge in [-0.15, -0.1) is 0 Å². The van der Waals surface area contributed by atoms with Gasteiger partial charge < -0.3 is 29.6 Å². The van der Waals surface area contributed by atoms with Crippen LogP contribution in [0.1, 0.15) is 25.8 Å². The molecule has 3 aromatic rings. The normalized spacial score (nSPS) is 11.3. The van der Waals surface area contributed by atoms with E-state index in [1.54, 1.807) is 12.1 Å². The van der Waals surface area contributed by atoms with Crippen molar-refractivity contribution in [3.8, 4) is 34.3 Å². The quantitative estimate of drug-likeness (QED) is 0.448. The van der Waals surface area contributed by atoms with Crippen LogP contribution in [-0.4, -0.2) is 33.6 Å². The number of phenols is 2. The Bertz CT molecular complexity index is 1080. The van der Waals surface area contributed by atoms with Crippen LogP contribution in [0.5, 0.6) is 23.0 Å². The van der Waals surface area contributed by atoms with E-state index in [9.17, 15) is 20.1 Å². The maximum Gasteiger partial charge on any atom is 0.238 e. The predicted molar refractivity (Wildman–Crippen MR) is 109 cm³/mol. The second-order valence-corrected chi connectivity index (χ2v) is 7.29. The number of hydrogen-bond acceptors (Lipinski definition) is 7. The monoisotopic (exact) mass is 400 g/mol. The van der Waals surface area contributed by atoms with Gasteiger partial charge in [0, 0.05) is 30.7 Å². The van der Waals surface area contributed by atoms with Crippen LogP contribution in [0.25, 0.3) is 22.3 Å². The number of aliphatic hydroxyl groups excluding tert-OH is 1. The van der Waals surface area contributed by atoms with Gasteiger partial charge in [0.1, 0.15) is 28.2 Å². The zero-order valence-corrected chi connectivity index (χ0v) is 16.3. The van der Waals surface area contributed by atoms with Crippen LogP contribution < -0.4 is 10.2 Å². The largest absolute Gasteiger partial charge is 0.508 e. The van der Waals surface area contributed by atoms with Gasteiger partial charge in [-0.25, -0.2) is 0 Å². The molecule has 154 valence electrons. The van der Waals surface area contributed by atoms with E-state index < -0.39 is 11.2 Å². The molecule has 3 rings (SSSR count). The molecule has 0 saturated heterocycles. The van der Waals surface area contributed by atoms with Crippen LogP contribution in [-0.2, 0) is 6.42 Å². The SMILES string of the molecule is CC(C)Cc1cc(-c2oc3cc(O)cc(OCCCO)c3c(=O)c2O)ccc1O. The number of phenolic OH excluding ortho intramolecular Hbond substituents is 2. The topological polar surface area (TPSA) is 120 Å². The summed E-state index contributed by atoms with van der Waals surface area (Å²) in [7, 11) is 0. The lowest BCUT2D eigenvalue weighted by Gasteiger charge is -2.13. The summed E-state index contributed by atoms with van der Waals surface area (Å²) in [6, 6.07) is 7.23. The summed E-state index contributed by atoms with van der Waals surface area (Å²) in [5.74, 6) is -0.320. The number of ether oxygens (including phenoxy) is 1. The molecule has 0 aliphatic rings. The Morgan fingerprint density at radius 3 is 2.55 bits per heavy atom. The van der Waals surface area contributed by atoms with Crippen LogP contribution in [0, 0.1) is 5.92 Å². The van der Waals surface area contributed by atoms with E-state index in [4.69, 9.17) is 14.3 Å². The zero-order chi connectivity index (χ0) is 21.1. The molecule has 4 N–H and O–H groups in total. The van der Waals surface area contributed by atoms with Crippen molar-refractivity contribution in [1.82, 2.24) is 0 Å². The third-order valence-electron chi connectivity index (χ3n) is 4.45. The minimum absolute atomic E-state index is 0.00294. The fraction of sp³-hybridized carbons (Fsp3) is 0.318. The lowest BCUT2D eigenvalue weighted by Crippen LogP contribution is -2.07. The van der Waals surface area contributed by atoms with Gasteiger partial charge in [-0.05, 0) is 36.1 Å². The molecule has 2 aromatic carbocycles. The van der Waals surface area contributed by atoms with Gasteiger partial charge in [-0.3, -0.25) is 4.79 Å². The second-order valence-electron chi connectivity index (χ2n) is 7.29. The van der Waals surface area contributed by atoms with E-state index >= 15 is 0 Å². The highest BCUT2D eigenvalue weighted by atomic mass is 16.5. The Kier molecular flexibility index (Phi) is 5.98. The number of aromatic hydroxyl groups is 3. The first-order chi connectivity index (χ1) is 13.8. The molecule has 0 saturated carbocycles. The van der Waals surface area contributed by atoms with Gasteiger partial charge >= 0.3 is 0 Å². The summed E-state index contributed by atoms with van der Waals surface area (Å²) in [6.45, 7) is 4.08. The molecular formula is C22H24O7. The first-order valence-corrected chi connectivity index (χ1v) is 9.40. The zero-order valence-electron chi connectivity index (χ0n) is 16.3. The second kappa shape index (κ2) is 8.45. The maximum atomic E-state index is 12.8. The first-order valence-electron chi connectivity index (χ1n) is 9.40. The van der Waals surface area contributed by atoms with Gasteiger partial charge in [-0.2, -0.15) is 0 Å². The Balaban J connectivity index is 2.16. The number of aliphatic hydroxyl groups is 1. The molecule has 0 atom stereocenters. The third kappa shape index (κ3) is 4.30. The van der Waals surface area contributed by atoms with Crippen molar-refractivity contribution in [2.45, 2.75) is 26.7 Å². The number of rotatable bonds is 7. The highest BCUT2D eigenvalue weighted by Crippen LogP contribution is 2.37. The minimum atomic E-state index is -0.696. The van der Waals surface area contributed by atoms with Crippen molar-refractivity contribution in [3.63, 3.8) is 0 Å². The molecule has 7 heteroatoms. The Labute approximate surface area is 167 Å². The molecule has 0 fully saturated rings. The van der Waals surface area contributed by atoms with Gasteiger partial charge in [0.2, 0.25) is 11.2 Å². The summed E-state index contributed by atoms with van der Waals surface area (Å²) in [6.07, 6.45) is 0.959. The standard InChI is InChI=1S/C22H24O7/c1-12(2)8-14-9-13(4-5-16(14)25)22-21(27)20(26)19-17(28-7-3-6-23)10-15(24)11-18(19)29-22/h4-5,9-12,23-25,27H,3,6-8H2,1-2H3. The van der Waals surface area contributed by atoms with E-state index in [1.165, 1.54) is 18.2 Å². The molecule has 0 radical (unpaired) electrons. The molecule has 0 spiro atoms. The van der Waals surface area contributed by atoms with Crippen LogP contribution in [0.2, 0.25) is 0 Å². The summed E-state index contributed by atoms with van der Waals surface area (Å²) >= 11 is 0.